The number of aryl methyl sites for hydroxylation is 1. The number of furan rings is 1. The molecule has 0 atom stereocenters. The third-order valence-electron chi connectivity index (χ3n) is 4.06. The van der Waals surface area contributed by atoms with E-state index < -0.39 is 0 Å². The van der Waals surface area contributed by atoms with Crippen LogP contribution in [-0.2, 0) is 0 Å². The number of para-hydroxylation sites is 1. The Hall–Kier alpha value is -3.28. The Morgan fingerprint density at radius 2 is 1.60 bits per heavy atom. The smallest absolute Gasteiger partial charge is 0.232 e. The number of methoxy groups -OCH3 is 2. The molecule has 0 spiro atoms. The van der Waals surface area contributed by atoms with Crippen molar-refractivity contribution in [1.29, 1.82) is 0 Å². The summed E-state index contributed by atoms with van der Waals surface area (Å²) in [5.74, 6) is 1.92. The fraction of sp³-hybridized carbons (Fsp3) is 0.158. The van der Waals surface area contributed by atoms with Gasteiger partial charge in [-0.15, -0.1) is 10.2 Å². The lowest BCUT2D eigenvalue weighted by Gasteiger charge is -2.26. The van der Waals surface area contributed by atoms with Crippen molar-refractivity contribution in [3.05, 3.63) is 54.3 Å². The summed E-state index contributed by atoms with van der Waals surface area (Å²) < 4.78 is 17.0. The van der Waals surface area contributed by atoms with E-state index in [0.717, 1.165) is 22.6 Å². The number of hydrogen-bond acceptors (Lipinski definition) is 6. The van der Waals surface area contributed by atoms with E-state index in [2.05, 4.69) is 10.2 Å². The van der Waals surface area contributed by atoms with Crippen molar-refractivity contribution in [2.75, 3.05) is 19.1 Å². The third-order valence-corrected chi connectivity index (χ3v) is 4.06. The van der Waals surface area contributed by atoms with Crippen LogP contribution in [0.1, 0.15) is 5.56 Å². The van der Waals surface area contributed by atoms with E-state index in [1.54, 1.807) is 26.5 Å². The molecule has 2 aromatic carbocycles. The van der Waals surface area contributed by atoms with E-state index in [-0.39, 0.29) is 0 Å². The fourth-order valence-corrected chi connectivity index (χ4v) is 2.96. The van der Waals surface area contributed by atoms with Crippen LogP contribution in [0.5, 0.6) is 11.5 Å². The largest absolute Gasteiger partial charge is 0.494 e. The number of anilines is 3. The van der Waals surface area contributed by atoms with Gasteiger partial charge in [-0.1, -0.05) is 12.1 Å². The zero-order chi connectivity index (χ0) is 17.4. The van der Waals surface area contributed by atoms with Crippen molar-refractivity contribution in [3.8, 4) is 11.5 Å². The first-order valence-corrected chi connectivity index (χ1v) is 7.84. The van der Waals surface area contributed by atoms with Gasteiger partial charge in [-0.05, 0) is 36.8 Å². The molecule has 1 aliphatic heterocycles. The molecule has 0 radical (unpaired) electrons. The van der Waals surface area contributed by atoms with Crippen LogP contribution in [0.15, 0.2) is 63.4 Å². The number of hydrogen-bond donors (Lipinski definition) is 0. The van der Waals surface area contributed by atoms with Gasteiger partial charge in [0.05, 0.1) is 26.2 Å². The fourth-order valence-electron chi connectivity index (χ4n) is 2.96. The summed E-state index contributed by atoms with van der Waals surface area (Å²) in [6, 6.07) is 13.4. The highest BCUT2D eigenvalue weighted by atomic mass is 16.5. The van der Waals surface area contributed by atoms with E-state index in [9.17, 15) is 0 Å². The van der Waals surface area contributed by atoms with Crippen molar-refractivity contribution < 1.29 is 13.9 Å². The molecule has 0 N–H and O–H groups in total. The first-order chi connectivity index (χ1) is 12.2. The van der Waals surface area contributed by atoms with Gasteiger partial charge in [0.15, 0.2) is 0 Å². The Morgan fingerprint density at radius 3 is 2.32 bits per heavy atom. The number of rotatable bonds is 3. The second kappa shape index (κ2) is 5.98. The lowest BCUT2D eigenvalue weighted by molar-refractivity contribution is 0.395. The van der Waals surface area contributed by atoms with Crippen LogP contribution in [0.3, 0.4) is 0 Å². The lowest BCUT2D eigenvalue weighted by Crippen LogP contribution is -2.12. The van der Waals surface area contributed by atoms with Crippen LogP contribution in [0, 0.1) is 6.92 Å². The van der Waals surface area contributed by atoms with Crippen molar-refractivity contribution >= 4 is 28.6 Å². The molecule has 126 valence electrons. The van der Waals surface area contributed by atoms with Crippen LogP contribution in [0.2, 0.25) is 0 Å². The number of ether oxygens (including phenoxy) is 2. The van der Waals surface area contributed by atoms with Crippen molar-refractivity contribution in [2.24, 2.45) is 10.2 Å². The maximum atomic E-state index is 5.75. The van der Waals surface area contributed by atoms with Crippen LogP contribution in [0.4, 0.5) is 28.6 Å². The van der Waals surface area contributed by atoms with Gasteiger partial charge in [0, 0.05) is 6.07 Å². The number of nitrogens with zero attached hydrogens (tertiary/aromatic N) is 3. The van der Waals surface area contributed by atoms with Crippen LogP contribution in [-0.4, -0.2) is 14.2 Å². The number of benzene rings is 2. The maximum Gasteiger partial charge on any atom is 0.232 e. The molecule has 0 bridgehead atoms. The number of fused-ring (bicyclic) bond motifs is 2. The van der Waals surface area contributed by atoms with E-state index in [1.165, 1.54) is 0 Å². The highest BCUT2D eigenvalue weighted by Gasteiger charge is 2.29. The Balaban J connectivity index is 2.06. The van der Waals surface area contributed by atoms with Gasteiger partial charge in [-0.2, -0.15) is 0 Å². The second-order valence-electron chi connectivity index (χ2n) is 5.65. The van der Waals surface area contributed by atoms with Gasteiger partial charge < -0.3 is 13.9 Å². The summed E-state index contributed by atoms with van der Waals surface area (Å²) in [4.78, 5) is 1.93. The van der Waals surface area contributed by atoms with Crippen molar-refractivity contribution in [2.45, 2.75) is 6.92 Å². The normalized spacial score (nSPS) is 12.4. The quantitative estimate of drug-likeness (QED) is 0.474. The van der Waals surface area contributed by atoms with Crippen molar-refractivity contribution in [3.63, 3.8) is 0 Å². The molecule has 0 amide bonds. The Bertz CT molecular complexity index is 937. The molecular weight excluding hydrogens is 318 g/mol. The molecule has 6 nitrogen and oxygen atoms in total. The van der Waals surface area contributed by atoms with E-state index in [4.69, 9.17) is 13.9 Å². The average molecular weight is 335 g/mol. The van der Waals surface area contributed by atoms with Gasteiger partial charge >= 0.3 is 0 Å². The average Bonchev–Trinajstić information content (AvgIpc) is 3.04. The first kappa shape index (κ1) is 15.3. The molecule has 0 unspecified atom stereocenters. The molecular formula is C19H17N3O3. The Morgan fingerprint density at radius 1 is 0.920 bits per heavy atom. The predicted molar refractivity (Wildman–Crippen MR) is 95.4 cm³/mol. The van der Waals surface area contributed by atoms with Crippen LogP contribution >= 0.6 is 0 Å². The minimum atomic E-state index is 0.564. The highest BCUT2D eigenvalue weighted by Crippen LogP contribution is 2.53. The zero-order valence-corrected chi connectivity index (χ0v) is 14.2. The summed E-state index contributed by atoms with van der Waals surface area (Å²) in [6.45, 7) is 1.99. The van der Waals surface area contributed by atoms with E-state index >= 15 is 0 Å². The second-order valence-corrected chi connectivity index (χ2v) is 5.65. The van der Waals surface area contributed by atoms with Gasteiger partial charge in [-0.25, -0.2) is 0 Å². The Labute approximate surface area is 145 Å². The monoisotopic (exact) mass is 335 g/mol. The molecule has 0 fully saturated rings. The summed E-state index contributed by atoms with van der Waals surface area (Å²) in [5.41, 5.74) is 3.99. The standard InChI is InChI=1S/C19H17N3O3/c1-12-10-16(23-2)18(17(11-12)24-3)22-15-7-5-4-6-13(15)20-21-14-8-9-25-19(14)22/h4-11H,1-3H3. The SMILES string of the molecule is COc1cc(C)cc(OC)c1N1c2ccccc2N=Nc2ccoc21. The minimum absolute atomic E-state index is 0.564. The van der Waals surface area contributed by atoms with E-state index in [0.29, 0.717) is 23.1 Å². The predicted octanol–water partition coefficient (Wildman–Crippen LogP) is 5.80. The summed E-state index contributed by atoms with van der Waals surface area (Å²) in [6.07, 6.45) is 1.60. The van der Waals surface area contributed by atoms with Crippen molar-refractivity contribution in [1.82, 2.24) is 0 Å². The molecule has 0 aliphatic carbocycles. The van der Waals surface area contributed by atoms with Gasteiger partial charge in [-0.3, -0.25) is 4.90 Å². The molecule has 4 rings (SSSR count). The zero-order valence-electron chi connectivity index (χ0n) is 14.2. The molecule has 1 aliphatic rings. The van der Waals surface area contributed by atoms with Gasteiger partial charge in [0.1, 0.15) is 28.6 Å². The molecule has 6 heteroatoms. The summed E-state index contributed by atoms with van der Waals surface area (Å²) in [5, 5.41) is 8.65. The minimum Gasteiger partial charge on any atom is -0.494 e. The lowest BCUT2D eigenvalue weighted by atomic mass is 10.1. The molecule has 3 aromatic rings. The van der Waals surface area contributed by atoms with Crippen LogP contribution in [0.25, 0.3) is 0 Å². The molecule has 25 heavy (non-hydrogen) atoms. The molecule has 1 aromatic heterocycles. The molecule has 0 saturated carbocycles. The highest BCUT2D eigenvalue weighted by molar-refractivity contribution is 5.91. The molecule has 2 heterocycles. The first-order valence-electron chi connectivity index (χ1n) is 7.84. The Kier molecular flexibility index (Phi) is 3.65. The summed E-state index contributed by atoms with van der Waals surface area (Å²) in [7, 11) is 3.28. The van der Waals surface area contributed by atoms with E-state index in [1.807, 2.05) is 48.2 Å². The van der Waals surface area contributed by atoms with Crippen LogP contribution < -0.4 is 14.4 Å². The molecule has 0 saturated heterocycles. The number of azo groups is 1. The van der Waals surface area contributed by atoms with Gasteiger partial charge in [0.25, 0.3) is 0 Å². The third kappa shape index (κ3) is 2.42. The summed E-state index contributed by atoms with van der Waals surface area (Å²) >= 11 is 0. The van der Waals surface area contributed by atoms with Gasteiger partial charge in [0.2, 0.25) is 5.88 Å². The topological polar surface area (TPSA) is 59.6 Å². The maximum absolute atomic E-state index is 5.75.